The van der Waals surface area contributed by atoms with Crippen LogP contribution in [0.5, 0.6) is 0 Å². The summed E-state index contributed by atoms with van der Waals surface area (Å²) in [5.74, 6) is -0.128. The Morgan fingerprint density at radius 2 is 1.69 bits per heavy atom. The summed E-state index contributed by atoms with van der Waals surface area (Å²) in [5, 5.41) is 5.19. The Morgan fingerprint density at radius 1 is 1.10 bits per heavy atom. The van der Waals surface area contributed by atoms with Gasteiger partial charge in [0.05, 0.1) is 10.9 Å². The third-order valence-corrected chi connectivity index (χ3v) is 8.62. The largest absolute Gasteiger partial charge is 0.301 e. The summed E-state index contributed by atoms with van der Waals surface area (Å²) in [6, 6.07) is 1.68. The van der Waals surface area contributed by atoms with E-state index in [2.05, 4.69) is 10.3 Å². The molecule has 1 aromatic heterocycles. The van der Waals surface area contributed by atoms with Crippen LogP contribution in [-0.4, -0.2) is 60.7 Å². The van der Waals surface area contributed by atoms with Gasteiger partial charge in [-0.15, -0.1) is 11.3 Å². The van der Waals surface area contributed by atoms with Crippen molar-refractivity contribution in [1.82, 2.24) is 14.2 Å². The summed E-state index contributed by atoms with van der Waals surface area (Å²) in [5.41, 5.74) is 3.59. The van der Waals surface area contributed by atoms with Crippen LogP contribution in [-0.2, 0) is 14.8 Å². The average Bonchev–Trinajstić information content (AvgIpc) is 3.19. The van der Waals surface area contributed by atoms with E-state index in [-0.39, 0.29) is 11.9 Å². The molecule has 9 heteroatoms. The normalized spacial score (nSPS) is 17.3. The zero-order chi connectivity index (χ0) is 21.3. The summed E-state index contributed by atoms with van der Waals surface area (Å²) >= 11 is 1.37. The lowest BCUT2D eigenvalue weighted by atomic mass is 10.0. The molecular weight excluding hydrogens is 408 g/mol. The maximum atomic E-state index is 13.4. The van der Waals surface area contributed by atoms with E-state index in [9.17, 15) is 13.2 Å². The van der Waals surface area contributed by atoms with Crippen molar-refractivity contribution < 1.29 is 13.2 Å². The highest BCUT2D eigenvalue weighted by molar-refractivity contribution is 7.89. The third kappa shape index (κ3) is 4.37. The molecule has 1 atom stereocenters. The molecule has 3 rings (SSSR count). The molecule has 1 aromatic carbocycles. The zero-order valence-corrected chi connectivity index (χ0v) is 19.2. The minimum atomic E-state index is -3.58. The molecule has 158 valence electrons. The maximum Gasteiger partial charge on any atom is 0.243 e. The quantitative estimate of drug-likeness (QED) is 0.779. The fourth-order valence-corrected chi connectivity index (χ4v) is 6.22. The monoisotopic (exact) mass is 436 g/mol. The van der Waals surface area contributed by atoms with Crippen LogP contribution in [0.4, 0.5) is 5.13 Å². The number of amides is 1. The van der Waals surface area contributed by atoms with Crippen LogP contribution in [0.15, 0.2) is 22.5 Å². The molecule has 0 radical (unpaired) electrons. The number of aromatic nitrogens is 1. The van der Waals surface area contributed by atoms with Crippen molar-refractivity contribution in [2.24, 2.45) is 0 Å². The molecule has 1 saturated heterocycles. The lowest BCUT2D eigenvalue weighted by Crippen LogP contribution is -2.54. The molecule has 29 heavy (non-hydrogen) atoms. The first-order valence-corrected chi connectivity index (χ1v) is 12.0. The van der Waals surface area contributed by atoms with Gasteiger partial charge in [0.15, 0.2) is 5.13 Å². The first kappa shape index (κ1) is 21.9. The van der Waals surface area contributed by atoms with Crippen molar-refractivity contribution in [3.8, 4) is 0 Å². The van der Waals surface area contributed by atoms with Crippen LogP contribution in [0.25, 0.3) is 0 Å². The van der Waals surface area contributed by atoms with Crippen LogP contribution in [0, 0.1) is 27.7 Å². The molecule has 0 saturated carbocycles. The molecule has 1 amide bonds. The van der Waals surface area contributed by atoms with Gasteiger partial charge in [0, 0.05) is 37.8 Å². The Morgan fingerprint density at radius 3 is 2.21 bits per heavy atom. The summed E-state index contributed by atoms with van der Waals surface area (Å²) < 4.78 is 28.3. The molecule has 7 nitrogen and oxygen atoms in total. The van der Waals surface area contributed by atoms with Crippen molar-refractivity contribution in [3.05, 3.63) is 39.9 Å². The van der Waals surface area contributed by atoms with Gasteiger partial charge in [0.25, 0.3) is 0 Å². The summed E-state index contributed by atoms with van der Waals surface area (Å²) in [6.07, 6.45) is 1.64. The predicted molar refractivity (Wildman–Crippen MR) is 116 cm³/mol. The minimum absolute atomic E-state index is 0.128. The molecule has 1 aliphatic heterocycles. The average molecular weight is 437 g/mol. The second kappa shape index (κ2) is 8.51. The highest BCUT2D eigenvalue weighted by atomic mass is 32.2. The first-order valence-electron chi connectivity index (χ1n) is 9.65. The van der Waals surface area contributed by atoms with E-state index in [0.29, 0.717) is 36.2 Å². The lowest BCUT2D eigenvalue weighted by Gasteiger charge is -2.37. The van der Waals surface area contributed by atoms with E-state index in [1.54, 1.807) is 15.9 Å². The number of thiazole rings is 1. The molecule has 2 heterocycles. The standard InChI is InChI=1S/C20H28N4O3S2/c1-13-12-14(2)16(4)18(15(13)3)29(26,27)24-9-7-23(8-10-24)17(5)19(25)22-20-21-6-11-28-20/h6,11-12,17H,7-10H2,1-5H3,(H,21,22,25). The Balaban J connectivity index is 1.71. The lowest BCUT2D eigenvalue weighted by molar-refractivity contribution is -0.121. The minimum Gasteiger partial charge on any atom is -0.301 e. The highest BCUT2D eigenvalue weighted by Crippen LogP contribution is 2.29. The molecule has 1 N–H and O–H groups in total. The van der Waals surface area contributed by atoms with Gasteiger partial charge in [0.1, 0.15) is 0 Å². The molecule has 0 spiro atoms. The van der Waals surface area contributed by atoms with E-state index in [1.165, 1.54) is 11.3 Å². The number of hydrogen-bond acceptors (Lipinski definition) is 6. The van der Waals surface area contributed by atoms with Crippen molar-refractivity contribution in [2.75, 3.05) is 31.5 Å². The molecule has 1 unspecified atom stereocenters. The Labute approximate surface area is 176 Å². The van der Waals surface area contributed by atoms with Gasteiger partial charge in [-0.1, -0.05) is 6.07 Å². The number of anilines is 1. The van der Waals surface area contributed by atoms with E-state index in [0.717, 1.165) is 22.3 Å². The number of piperazine rings is 1. The van der Waals surface area contributed by atoms with Gasteiger partial charge >= 0.3 is 0 Å². The number of carbonyl (C=O) groups is 1. The Hall–Kier alpha value is -1.81. The smallest absolute Gasteiger partial charge is 0.243 e. The topological polar surface area (TPSA) is 82.6 Å². The number of nitrogens with one attached hydrogen (secondary N) is 1. The van der Waals surface area contributed by atoms with Gasteiger partial charge in [0.2, 0.25) is 15.9 Å². The van der Waals surface area contributed by atoms with Gasteiger partial charge in [-0.2, -0.15) is 4.31 Å². The van der Waals surface area contributed by atoms with Crippen molar-refractivity contribution in [3.63, 3.8) is 0 Å². The van der Waals surface area contributed by atoms with Gasteiger partial charge in [-0.05, 0) is 56.9 Å². The van der Waals surface area contributed by atoms with Gasteiger partial charge in [-0.3, -0.25) is 9.69 Å². The first-order chi connectivity index (χ1) is 13.6. The fourth-order valence-electron chi connectivity index (χ4n) is 3.69. The fraction of sp³-hybridized carbons (Fsp3) is 0.500. The predicted octanol–water partition coefficient (Wildman–Crippen LogP) is 2.71. The SMILES string of the molecule is Cc1cc(C)c(C)c(S(=O)(=O)N2CCN(C(C)C(=O)Nc3nccs3)CC2)c1C. The van der Waals surface area contributed by atoms with E-state index < -0.39 is 10.0 Å². The zero-order valence-electron chi connectivity index (χ0n) is 17.5. The third-order valence-electron chi connectivity index (χ3n) is 5.76. The number of sulfonamides is 1. The number of aryl methyl sites for hydroxylation is 2. The van der Waals surface area contributed by atoms with E-state index in [1.807, 2.05) is 45.6 Å². The Bertz CT molecular complexity index is 969. The molecule has 0 aliphatic carbocycles. The second-order valence-corrected chi connectivity index (χ2v) is 10.3. The number of rotatable bonds is 5. The van der Waals surface area contributed by atoms with Gasteiger partial charge in [-0.25, -0.2) is 13.4 Å². The molecule has 1 aliphatic rings. The van der Waals surface area contributed by atoms with Crippen molar-refractivity contribution >= 4 is 32.4 Å². The number of nitrogens with zero attached hydrogens (tertiary/aromatic N) is 3. The molecule has 2 aromatic rings. The van der Waals surface area contributed by atoms with Crippen LogP contribution in [0.3, 0.4) is 0 Å². The van der Waals surface area contributed by atoms with Crippen LogP contribution < -0.4 is 5.32 Å². The number of hydrogen-bond donors (Lipinski definition) is 1. The summed E-state index contributed by atoms with van der Waals surface area (Å²) in [6.45, 7) is 11.2. The highest BCUT2D eigenvalue weighted by Gasteiger charge is 2.34. The van der Waals surface area contributed by atoms with E-state index >= 15 is 0 Å². The van der Waals surface area contributed by atoms with Crippen LogP contribution >= 0.6 is 11.3 Å². The maximum absolute atomic E-state index is 13.4. The second-order valence-electron chi connectivity index (χ2n) is 7.53. The number of benzene rings is 1. The van der Waals surface area contributed by atoms with Crippen molar-refractivity contribution in [2.45, 2.75) is 45.6 Å². The van der Waals surface area contributed by atoms with Crippen LogP contribution in [0.2, 0.25) is 0 Å². The molecule has 0 bridgehead atoms. The summed E-state index contributed by atoms with van der Waals surface area (Å²) in [4.78, 5) is 19.0. The molecular formula is C20H28N4O3S2. The van der Waals surface area contributed by atoms with Crippen LogP contribution in [0.1, 0.15) is 29.2 Å². The van der Waals surface area contributed by atoms with E-state index in [4.69, 9.17) is 0 Å². The Kier molecular flexibility index (Phi) is 6.42. The summed E-state index contributed by atoms with van der Waals surface area (Å²) in [7, 11) is -3.58. The van der Waals surface area contributed by atoms with Gasteiger partial charge < -0.3 is 5.32 Å². The number of carbonyl (C=O) groups excluding carboxylic acids is 1. The molecule has 1 fully saturated rings. The van der Waals surface area contributed by atoms with Crippen molar-refractivity contribution in [1.29, 1.82) is 0 Å².